The largest absolute Gasteiger partial charge is 0.394 e. The molecule has 3 saturated heterocycles. The first-order valence-electron chi connectivity index (χ1n) is 34.1. The van der Waals surface area contributed by atoms with Gasteiger partial charge < -0.3 is 89.9 Å². The number of hydrogen-bond donors (Lipinski definition) is 12. The zero-order chi connectivity index (χ0) is 65.4. The Morgan fingerprint density at radius 1 is 0.411 bits per heavy atom. The molecule has 0 saturated carbocycles. The molecule has 3 aliphatic heterocycles. The van der Waals surface area contributed by atoms with Crippen LogP contribution >= 0.6 is 0 Å². The van der Waals surface area contributed by atoms with E-state index in [0.29, 0.717) is 12.8 Å². The number of allylic oxidation sites excluding steroid dienone is 17. The summed E-state index contributed by atoms with van der Waals surface area (Å²) in [6, 6.07) is -0.995. The first-order valence-corrected chi connectivity index (χ1v) is 34.1. The highest BCUT2D eigenvalue weighted by atomic mass is 16.8. The average molecular weight is 1270 g/mol. The first-order chi connectivity index (χ1) is 43.8. The third-order valence-corrected chi connectivity index (χ3v) is 16.3. The van der Waals surface area contributed by atoms with Crippen LogP contribution in [0.1, 0.15) is 200 Å². The third-order valence-electron chi connectivity index (χ3n) is 16.3. The number of amides is 1. The molecule has 0 aromatic heterocycles. The van der Waals surface area contributed by atoms with Gasteiger partial charge in [-0.15, -0.1) is 0 Å². The van der Waals surface area contributed by atoms with Crippen LogP contribution < -0.4 is 5.32 Å². The zero-order valence-electron chi connectivity index (χ0n) is 54.3. The predicted octanol–water partition coefficient (Wildman–Crippen LogP) is 8.66. The molecule has 3 fully saturated rings. The van der Waals surface area contributed by atoms with E-state index < -0.39 is 124 Å². The molecular weight excluding hydrogens is 1150 g/mol. The van der Waals surface area contributed by atoms with Crippen molar-refractivity contribution in [2.24, 2.45) is 0 Å². The molecule has 0 spiro atoms. The van der Waals surface area contributed by atoms with Gasteiger partial charge >= 0.3 is 0 Å². The molecule has 1 amide bonds. The third kappa shape index (κ3) is 33.5. The first kappa shape index (κ1) is 80.7. The lowest BCUT2D eigenvalue weighted by Gasteiger charge is -2.48. The van der Waals surface area contributed by atoms with Crippen LogP contribution in [0.25, 0.3) is 0 Å². The van der Waals surface area contributed by atoms with Crippen molar-refractivity contribution < 1.29 is 89.4 Å². The van der Waals surface area contributed by atoms with Crippen LogP contribution in [0.2, 0.25) is 0 Å². The predicted molar refractivity (Wildman–Crippen MR) is 350 cm³/mol. The SMILES string of the molecule is CC/C=C\C/C=C\C/C=C\C/C=C\C/C=C\C/C=C\C/C=C\CCCCCCCCCCCCCCCC(=O)NC(COC1OC(CO)C(OC2OC(CO)C(OC3OC(CO)C(O)C(O)C3O)C(O)C2O)C(O)C1O)C(O)/C=C/CC/C=C/CCCCCC. The van der Waals surface area contributed by atoms with Crippen molar-refractivity contribution in [3.63, 3.8) is 0 Å². The van der Waals surface area contributed by atoms with Crippen LogP contribution in [-0.2, 0) is 33.2 Å². The highest BCUT2D eigenvalue weighted by molar-refractivity contribution is 5.76. The summed E-state index contributed by atoms with van der Waals surface area (Å²) >= 11 is 0. The van der Waals surface area contributed by atoms with Crippen molar-refractivity contribution in [2.45, 2.75) is 304 Å². The van der Waals surface area contributed by atoms with E-state index in [4.69, 9.17) is 28.4 Å². The van der Waals surface area contributed by atoms with E-state index in [-0.39, 0.29) is 18.9 Å². The number of ether oxygens (including phenoxy) is 6. The minimum absolute atomic E-state index is 0.227. The Labute approximate surface area is 538 Å². The molecule has 0 aromatic rings. The number of nitrogens with one attached hydrogen (secondary N) is 1. The molecule has 17 atom stereocenters. The van der Waals surface area contributed by atoms with E-state index >= 15 is 0 Å². The molecule has 3 aliphatic rings. The normalized spacial score (nSPS) is 28.7. The van der Waals surface area contributed by atoms with Crippen molar-refractivity contribution in [1.82, 2.24) is 5.32 Å². The molecule has 19 heteroatoms. The van der Waals surface area contributed by atoms with E-state index in [0.717, 1.165) is 96.3 Å². The van der Waals surface area contributed by atoms with E-state index in [9.17, 15) is 61.0 Å². The molecule has 17 unspecified atom stereocenters. The van der Waals surface area contributed by atoms with Gasteiger partial charge in [-0.25, -0.2) is 0 Å². The Hall–Kier alpha value is -3.55. The van der Waals surface area contributed by atoms with Crippen LogP contribution in [0, 0.1) is 0 Å². The molecule has 19 nitrogen and oxygen atoms in total. The van der Waals surface area contributed by atoms with Gasteiger partial charge in [0.15, 0.2) is 18.9 Å². The summed E-state index contributed by atoms with van der Waals surface area (Å²) in [5.74, 6) is -0.294. The average Bonchev–Trinajstić information content (AvgIpc) is 1.08. The maximum Gasteiger partial charge on any atom is 0.220 e. The van der Waals surface area contributed by atoms with Gasteiger partial charge in [0.25, 0.3) is 0 Å². The van der Waals surface area contributed by atoms with Gasteiger partial charge in [-0.3, -0.25) is 4.79 Å². The van der Waals surface area contributed by atoms with Crippen molar-refractivity contribution in [3.05, 3.63) is 109 Å². The molecular formula is C71H119NO18. The molecule has 12 N–H and O–H groups in total. The number of unbranched alkanes of at least 4 members (excludes halogenated alkanes) is 18. The highest BCUT2D eigenvalue weighted by Crippen LogP contribution is 2.33. The standard InChI is InChI=1S/C71H119NO18/c1-3-5-7-9-11-13-15-16-17-18-19-20-21-22-23-24-25-26-27-28-29-30-31-32-33-34-35-36-37-38-39-41-43-45-47-49-59(77)72-54(55(76)48-46-44-42-40-14-12-10-8-6-4-2)53-85-69-65(83)62(80)67(57(51-74)87-69)90-71-66(84)63(81)68(58(52-75)88-71)89-70-64(82)61(79)60(78)56(50-73)86-70/h5,7,11,13-14,16-17,19-20,22-23,25-26,28-29,40,46,48,54-58,60-71,73-76,78-84H,3-4,6,8-10,12,15,18,21,24,27,30-39,41-45,47,49-53H2,1-2H3,(H,72,77)/b7-5-,13-11-,17-16-,20-19-,23-22-,26-25-,29-28-,40-14+,48-46+. The summed E-state index contributed by atoms with van der Waals surface area (Å²) in [6.07, 6.45) is 42.4. The number of aliphatic hydroxyl groups is 11. The molecule has 0 aromatic carbocycles. The summed E-state index contributed by atoms with van der Waals surface area (Å²) in [6.45, 7) is 1.52. The van der Waals surface area contributed by atoms with Crippen molar-refractivity contribution >= 4 is 5.91 Å². The summed E-state index contributed by atoms with van der Waals surface area (Å²) in [5.41, 5.74) is 0. The molecule has 0 aliphatic carbocycles. The fourth-order valence-electron chi connectivity index (χ4n) is 10.8. The second-order valence-corrected chi connectivity index (χ2v) is 23.9. The number of aliphatic hydroxyl groups excluding tert-OH is 11. The zero-order valence-corrected chi connectivity index (χ0v) is 54.3. The van der Waals surface area contributed by atoms with Gasteiger partial charge in [-0.1, -0.05) is 213 Å². The van der Waals surface area contributed by atoms with E-state index in [1.165, 1.54) is 70.6 Å². The lowest BCUT2D eigenvalue weighted by Crippen LogP contribution is -2.66. The lowest BCUT2D eigenvalue weighted by molar-refractivity contribution is -0.379. The second kappa shape index (κ2) is 51.8. The van der Waals surface area contributed by atoms with Gasteiger partial charge in [0.05, 0.1) is 38.6 Å². The van der Waals surface area contributed by atoms with Gasteiger partial charge in [0.1, 0.15) is 73.2 Å². The van der Waals surface area contributed by atoms with Crippen LogP contribution in [-0.4, -0.2) is 193 Å². The summed E-state index contributed by atoms with van der Waals surface area (Å²) in [5, 5.41) is 120. The molecule has 0 radical (unpaired) electrons. The lowest BCUT2D eigenvalue weighted by atomic mass is 9.96. The van der Waals surface area contributed by atoms with Crippen LogP contribution in [0.5, 0.6) is 0 Å². The number of carbonyl (C=O) groups is 1. The van der Waals surface area contributed by atoms with Crippen LogP contribution in [0.4, 0.5) is 0 Å². The molecule has 90 heavy (non-hydrogen) atoms. The van der Waals surface area contributed by atoms with E-state index in [1.54, 1.807) is 6.08 Å². The monoisotopic (exact) mass is 1270 g/mol. The Morgan fingerprint density at radius 2 is 0.778 bits per heavy atom. The van der Waals surface area contributed by atoms with Crippen molar-refractivity contribution in [3.8, 4) is 0 Å². The van der Waals surface area contributed by atoms with Gasteiger partial charge in [-0.05, 0) is 89.9 Å². The minimum Gasteiger partial charge on any atom is -0.394 e. The van der Waals surface area contributed by atoms with Crippen LogP contribution in [0.3, 0.4) is 0 Å². The van der Waals surface area contributed by atoms with Crippen molar-refractivity contribution in [2.75, 3.05) is 26.4 Å². The Bertz CT molecular complexity index is 2060. The van der Waals surface area contributed by atoms with Gasteiger partial charge in [0.2, 0.25) is 5.91 Å². The van der Waals surface area contributed by atoms with E-state index in [2.05, 4.69) is 116 Å². The molecule has 516 valence electrons. The van der Waals surface area contributed by atoms with E-state index in [1.807, 2.05) is 6.08 Å². The maximum atomic E-state index is 13.3. The Balaban J connectivity index is 1.34. The highest BCUT2D eigenvalue weighted by Gasteiger charge is 2.53. The van der Waals surface area contributed by atoms with Gasteiger partial charge in [-0.2, -0.15) is 0 Å². The quantitative estimate of drug-likeness (QED) is 0.0200. The number of hydrogen-bond acceptors (Lipinski definition) is 18. The second-order valence-electron chi connectivity index (χ2n) is 23.9. The topological polar surface area (TPSA) is 307 Å². The maximum absolute atomic E-state index is 13.3. The Kier molecular flexibility index (Phi) is 46.5. The van der Waals surface area contributed by atoms with Crippen molar-refractivity contribution in [1.29, 1.82) is 0 Å². The Morgan fingerprint density at radius 3 is 1.24 bits per heavy atom. The molecule has 3 heterocycles. The molecule has 3 rings (SSSR count). The summed E-state index contributed by atoms with van der Waals surface area (Å²) in [4.78, 5) is 13.3. The smallest absolute Gasteiger partial charge is 0.220 e. The van der Waals surface area contributed by atoms with Crippen LogP contribution in [0.15, 0.2) is 109 Å². The summed E-state index contributed by atoms with van der Waals surface area (Å²) in [7, 11) is 0. The number of carbonyl (C=O) groups excluding carboxylic acids is 1. The number of rotatable bonds is 50. The van der Waals surface area contributed by atoms with Gasteiger partial charge in [0, 0.05) is 6.42 Å². The fraction of sp³-hybridized carbons (Fsp3) is 0.732. The summed E-state index contributed by atoms with van der Waals surface area (Å²) < 4.78 is 34.2. The minimum atomic E-state index is -1.98. The molecule has 0 bridgehead atoms. The fourth-order valence-corrected chi connectivity index (χ4v) is 10.8.